The van der Waals surface area contributed by atoms with Gasteiger partial charge in [0.05, 0.1) is 12.2 Å². The molecule has 5 heteroatoms. The molecule has 1 aromatic rings. The molecule has 0 aliphatic carbocycles. The first-order valence-corrected chi connectivity index (χ1v) is 7.45. The van der Waals surface area contributed by atoms with Crippen LogP contribution in [-0.2, 0) is 12.0 Å². The third kappa shape index (κ3) is 3.75. The normalized spacial score (nSPS) is 19.3. The van der Waals surface area contributed by atoms with Crippen LogP contribution in [0.25, 0.3) is 0 Å². The van der Waals surface area contributed by atoms with E-state index in [0.29, 0.717) is 0 Å². The summed E-state index contributed by atoms with van der Waals surface area (Å²) in [4.78, 5) is 7.06. The zero-order valence-electron chi connectivity index (χ0n) is 11.9. The Morgan fingerprint density at radius 2 is 1.94 bits per heavy atom. The van der Waals surface area contributed by atoms with Gasteiger partial charge in [0.1, 0.15) is 5.01 Å². The third-order valence-electron chi connectivity index (χ3n) is 3.28. The predicted octanol–water partition coefficient (Wildman–Crippen LogP) is 1.69. The van der Waals surface area contributed by atoms with Gasteiger partial charge < -0.3 is 4.90 Å². The van der Waals surface area contributed by atoms with Crippen LogP contribution in [0.3, 0.4) is 0 Å². The molecule has 0 spiro atoms. The molecule has 1 fully saturated rings. The molecule has 0 saturated carbocycles. The minimum atomic E-state index is 0.155. The maximum absolute atomic E-state index is 4.70. The number of hydrogen-bond acceptors (Lipinski definition) is 5. The highest BCUT2D eigenvalue weighted by Crippen LogP contribution is 2.23. The van der Waals surface area contributed by atoms with E-state index in [4.69, 9.17) is 4.98 Å². The first-order chi connectivity index (χ1) is 8.45. The SMILES string of the molecule is CN1CCN(NCc2nc(C(C)(C)C)cs2)CC1. The molecule has 1 N–H and O–H groups in total. The highest BCUT2D eigenvalue weighted by atomic mass is 32.1. The van der Waals surface area contributed by atoms with Gasteiger partial charge >= 0.3 is 0 Å². The van der Waals surface area contributed by atoms with Crippen LogP contribution >= 0.6 is 11.3 Å². The van der Waals surface area contributed by atoms with Crippen molar-refractivity contribution in [3.63, 3.8) is 0 Å². The van der Waals surface area contributed by atoms with Gasteiger partial charge in [-0.05, 0) is 7.05 Å². The number of piperazine rings is 1. The summed E-state index contributed by atoms with van der Waals surface area (Å²) < 4.78 is 0. The number of hydrazine groups is 1. The second-order valence-corrected chi connectivity index (χ2v) is 6.94. The van der Waals surface area contributed by atoms with Gasteiger partial charge in [-0.2, -0.15) is 0 Å². The van der Waals surface area contributed by atoms with Crippen molar-refractivity contribution in [1.29, 1.82) is 0 Å². The second kappa shape index (κ2) is 5.65. The van der Waals surface area contributed by atoms with Crippen LogP contribution in [0.2, 0.25) is 0 Å². The minimum Gasteiger partial charge on any atom is -0.304 e. The van der Waals surface area contributed by atoms with Gasteiger partial charge in [0.25, 0.3) is 0 Å². The summed E-state index contributed by atoms with van der Waals surface area (Å²) >= 11 is 1.75. The highest BCUT2D eigenvalue weighted by Gasteiger charge is 2.18. The lowest BCUT2D eigenvalue weighted by Crippen LogP contribution is -2.50. The number of likely N-dealkylation sites (N-methyl/N-ethyl adjacent to an activating group) is 1. The Hall–Kier alpha value is -0.490. The van der Waals surface area contributed by atoms with Gasteiger partial charge in [-0.3, -0.25) is 0 Å². The van der Waals surface area contributed by atoms with E-state index in [2.05, 4.69) is 48.5 Å². The quantitative estimate of drug-likeness (QED) is 0.904. The van der Waals surface area contributed by atoms with Crippen molar-refractivity contribution in [1.82, 2.24) is 20.3 Å². The molecule has 0 amide bonds. The molecule has 1 aliphatic rings. The zero-order chi connectivity index (χ0) is 13.2. The van der Waals surface area contributed by atoms with Crippen molar-refractivity contribution in [2.75, 3.05) is 33.2 Å². The summed E-state index contributed by atoms with van der Waals surface area (Å²) in [5, 5.41) is 5.66. The lowest BCUT2D eigenvalue weighted by atomic mass is 9.93. The van der Waals surface area contributed by atoms with E-state index in [1.54, 1.807) is 11.3 Å². The van der Waals surface area contributed by atoms with E-state index in [9.17, 15) is 0 Å². The average Bonchev–Trinajstić information content (AvgIpc) is 2.77. The molecule has 2 heterocycles. The van der Waals surface area contributed by atoms with E-state index >= 15 is 0 Å². The van der Waals surface area contributed by atoms with Crippen LogP contribution < -0.4 is 5.43 Å². The number of rotatable bonds is 3. The number of aromatic nitrogens is 1. The fourth-order valence-corrected chi connectivity index (χ4v) is 2.83. The number of nitrogens with zero attached hydrogens (tertiary/aromatic N) is 3. The molecule has 1 aromatic heterocycles. The first-order valence-electron chi connectivity index (χ1n) is 6.57. The molecular weight excluding hydrogens is 244 g/mol. The smallest absolute Gasteiger partial charge is 0.108 e. The van der Waals surface area contributed by atoms with Gasteiger partial charge in [0, 0.05) is 37.0 Å². The van der Waals surface area contributed by atoms with Crippen LogP contribution in [0.15, 0.2) is 5.38 Å². The maximum atomic E-state index is 4.70. The summed E-state index contributed by atoms with van der Waals surface area (Å²) in [7, 11) is 2.17. The Bertz CT molecular complexity index is 375. The monoisotopic (exact) mass is 268 g/mol. The molecule has 18 heavy (non-hydrogen) atoms. The molecule has 0 atom stereocenters. The lowest BCUT2D eigenvalue weighted by molar-refractivity contribution is 0.102. The summed E-state index contributed by atoms with van der Waals surface area (Å²) in [5.74, 6) is 0. The van der Waals surface area contributed by atoms with Crippen molar-refractivity contribution >= 4 is 11.3 Å². The van der Waals surface area contributed by atoms with Gasteiger partial charge in [-0.1, -0.05) is 20.8 Å². The van der Waals surface area contributed by atoms with E-state index in [1.807, 2.05) is 0 Å². The molecule has 102 valence electrons. The second-order valence-electron chi connectivity index (χ2n) is 6.00. The van der Waals surface area contributed by atoms with Crippen LogP contribution in [0.1, 0.15) is 31.5 Å². The van der Waals surface area contributed by atoms with E-state index in [-0.39, 0.29) is 5.41 Å². The topological polar surface area (TPSA) is 31.4 Å². The average molecular weight is 268 g/mol. The van der Waals surface area contributed by atoms with Crippen LogP contribution in [0.5, 0.6) is 0 Å². The number of nitrogens with one attached hydrogen (secondary N) is 1. The Balaban J connectivity index is 1.82. The summed E-state index contributed by atoms with van der Waals surface area (Å²) in [6, 6.07) is 0. The van der Waals surface area contributed by atoms with Crippen LogP contribution in [-0.4, -0.2) is 48.1 Å². The first kappa shape index (κ1) is 13.9. The summed E-state index contributed by atoms with van der Waals surface area (Å²) in [6.45, 7) is 11.9. The molecule has 1 aliphatic heterocycles. The Kier molecular flexibility index (Phi) is 4.37. The van der Waals surface area contributed by atoms with Crippen molar-refractivity contribution in [3.8, 4) is 0 Å². The van der Waals surface area contributed by atoms with Crippen LogP contribution in [0.4, 0.5) is 0 Å². The molecule has 0 aromatic carbocycles. The summed E-state index contributed by atoms with van der Waals surface area (Å²) in [5.41, 5.74) is 4.83. The van der Waals surface area contributed by atoms with Gasteiger partial charge in [0.2, 0.25) is 0 Å². The van der Waals surface area contributed by atoms with Crippen molar-refractivity contribution in [2.45, 2.75) is 32.7 Å². The molecule has 4 nitrogen and oxygen atoms in total. The Labute approximate surface area is 114 Å². The van der Waals surface area contributed by atoms with E-state index in [0.717, 1.165) is 32.7 Å². The molecule has 2 rings (SSSR count). The number of thiazole rings is 1. The van der Waals surface area contributed by atoms with Gasteiger partial charge in [-0.15, -0.1) is 11.3 Å². The third-order valence-corrected chi connectivity index (χ3v) is 4.13. The van der Waals surface area contributed by atoms with Crippen molar-refractivity contribution in [3.05, 3.63) is 16.1 Å². The summed E-state index contributed by atoms with van der Waals surface area (Å²) in [6.07, 6.45) is 0. The Morgan fingerprint density at radius 3 is 2.50 bits per heavy atom. The van der Waals surface area contributed by atoms with Gasteiger partial charge in [-0.25, -0.2) is 15.4 Å². The molecular formula is C13H24N4S. The highest BCUT2D eigenvalue weighted by molar-refractivity contribution is 7.09. The Morgan fingerprint density at radius 1 is 1.28 bits per heavy atom. The molecule has 0 unspecified atom stereocenters. The lowest BCUT2D eigenvalue weighted by Gasteiger charge is -2.32. The minimum absolute atomic E-state index is 0.155. The predicted molar refractivity (Wildman–Crippen MR) is 76.7 cm³/mol. The fraction of sp³-hybridized carbons (Fsp3) is 0.769. The van der Waals surface area contributed by atoms with Crippen LogP contribution in [0, 0.1) is 0 Å². The maximum Gasteiger partial charge on any atom is 0.108 e. The van der Waals surface area contributed by atoms with E-state index in [1.165, 1.54) is 10.7 Å². The fourth-order valence-electron chi connectivity index (χ4n) is 1.88. The van der Waals surface area contributed by atoms with Gasteiger partial charge in [0.15, 0.2) is 0 Å². The van der Waals surface area contributed by atoms with Crippen molar-refractivity contribution in [2.24, 2.45) is 0 Å². The molecule has 1 saturated heterocycles. The number of hydrogen-bond donors (Lipinski definition) is 1. The van der Waals surface area contributed by atoms with Crippen molar-refractivity contribution < 1.29 is 0 Å². The molecule has 0 bridgehead atoms. The standard InChI is InChI=1S/C13H24N4S/c1-13(2,3)11-10-18-12(15-11)9-14-17-7-5-16(4)6-8-17/h10,14H,5-9H2,1-4H3. The largest absolute Gasteiger partial charge is 0.304 e. The molecule has 0 radical (unpaired) electrons. The zero-order valence-corrected chi connectivity index (χ0v) is 12.7. The van der Waals surface area contributed by atoms with E-state index < -0.39 is 0 Å².